The molecule has 5 heteroatoms. The highest BCUT2D eigenvalue weighted by molar-refractivity contribution is 4.75. The summed E-state index contributed by atoms with van der Waals surface area (Å²) in [6.45, 7) is 7.76. The smallest absolute Gasteiger partial charge is 0.0791 e. The summed E-state index contributed by atoms with van der Waals surface area (Å²) in [7, 11) is 1.68. The van der Waals surface area contributed by atoms with Crippen LogP contribution in [0.4, 0.5) is 0 Å². The molecule has 1 aliphatic heterocycles. The molecule has 1 atom stereocenters. The number of β-amino-alcohol motifs (C(OH)–C–C–N with tert-alkyl or cyclic N) is 1. The lowest BCUT2D eigenvalue weighted by atomic mass is 10.1. The Morgan fingerprint density at radius 1 is 1.39 bits per heavy atom. The van der Waals surface area contributed by atoms with E-state index in [2.05, 4.69) is 10.2 Å². The van der Waals surface area contributed by atoms with Gasteiger partial charge in [-0.15, -0.1) is 0 Å². The molecule has 2 N–H and O–H groups in total. The Kier molecular flexibility index (Phi) is 8.54. The van der Waals surface area contributed by atoms with Crippen molar-refractivity contribution in [2.75, 3.05) is 53.0 Å². The monoisotopic (exact) mass is 260 g/mol. The predicted molar refractivity (Wildman–Crippen MR) is 71.8 cm³/mol. The minimum absolute atomic E-state index is 0.300. The van der Waals surface area contributed by atoms with Crippen molar-refractivity contribution in [3.63, 3.8) is 0 Å². The highest BCUT2D eigenvalue weighted by Crippen LogP contribution is 2.13. The molecule has 5 nitrogen and oxygen atoms in total. The second-order valence-corrected chi connectivity index (χ2v) is 4.81. The van der Waals surface area contributed by atoms with E-state index in [-0.39, 0.29) is 6.10 Å². The number of nitrogens with one attached hydrogen (secondary N) is 1. The predicted octanol–water partition coefficient (Wildman–Crippen LogP) is 0.0842. The van der Waals surface area contributed by atoms with E-state index in [0.29, 0.717) is 19.3 Å². The molecular formula is C13H28N2O3. The van der Waals surface area contributed by atoms with E-state index >= 15 is 0 Å². The first kappa shape index (κ1) is 15.9. The minimum atomic E-state index is -0.300. The molecule has 0 aromatic rings. The van der Waals surface area contributed by atoms with Crippen LogP contribution in [0.15, 0.2) is 0 Å². The van der Waals surface area contributed by atoms with Crippen LogP contribution in [0.2, 0.25) is 0 Å². The molecule has 1 unspecified atom stereocenters. The van der Waals surface area contributed by atoms with Crippen LogP contribution in [0.1, 0.15) is 19.8 Å². The Bertz CT molecular complexity index is 197. The van der Waals surface area contributed by atoms with E-state index in [1.807, 2.05) is 6.92 Å². The number of aliphatic hydroxyl groups excluding tert-OH is 1. The van der Waals surface area contributed by atoms with Gasteiger partial charge in [-0.1, -0.05) is 0 Å². The number of aliphatic hydroxyl groups is 1. The first-order chi connectivity index (χ1) is 8.76. The van der Waals surface area contributed by atoms with Crippen LogP contribution in [0.5, 0.6) is 0 Å². The van der Waals surface area contributed by atoms with Gasteiger partial charge in [-0.05, 0) is 19.8 Å². The van der Waals surface area contributed by atoms with Crippen LogP contribution in [-0.4, -0.2) is 75.3 Å². The summed E-state index contributed by atoms with van der Waals surface area (Å²) in [6.07, 6.45) is 2.28. The van der Waals surface area contributed by atoms with E-state index in [0.717, 1.165) is 45.6 Å². The summed E-state index contributed by atoms with van der Waals surface area (Å²) >= 11 is 0. The molecule has 108 valence electrons. The number of ether oxygens (including phenoxy) is 2. The van der Waals surface area contributed by atoms with Gasteiger partial charge in [-0.2, -0.15) is 0 Å². The van der Waals surface area contributed by atoms with Gasteiger partial charge in [-0.3, -0.25) is 0 Å². The molecular weight excluding hydrogens is 232 g/mol. The Morgan fingerprint density at radius 3 is 2.72 bits per heavy atom. The standard InChI is InChI=1S/C13H28N2O3/c1-3-18-13-4-7-15(8-5-13)11-12(16)10-14-6-9-17-2/h12-14,16H,3-11H2,1-2H3. The molecule has 0 radical (unpaired) electrons. The lowest BCUT2D eigenvalue weighted by Gasteiger charge is -2.32. The highest BCUT2D eigenvalue weighted by atomic mass is 16.5. The van der Waals surface area contributed by atoms with Gasteiger partial charge in [0.15, 0.2) is 0 Å². The largest absolute Gasteiger partial charge is 0.390 e. The maximum atomic E-state index is 9.89. The molecule has 18 heavy (non-hydrogen) atoms. The third-order valence-electron chi connectivity index (χ3n) is 3.27. The van der Waals surface area contributed by atoms with Gasteiger partial charge >= 0.3 is 0 Å². The summed E-state index contributed by atoms with van der Waals surface area (Å²) < 4.78 is 10.6. The zero-order valence-corrected chi connectivity index (χ0v) is 11.7. The topological polar surface area (TPSA) is 54.0 Å². The highest BCUT2D eigenvalue weighted by Gasteiger charge is 2.20. The number of piperidine rings is 1. The number of likely N-dealkylation sites (tertiary alicyclic amines) is 1. The van der Waals surface area contributed by atoms with E-state index in [4.69, 9.17) is 9.47 Å². The first-order valence-corrected chi connectivity index (χ1v) is 6.98. The van der Waals surface area contributed by atoms with Crippen LogP contribution in [0, 0.1) is 0 Å². The van der Waals surface area contributed by atoms with Crippen LogP contribution in [-0.2, 0) is 9.47 Å². The van der Waals surface area contributed by atoms with Gasteiger partial charge in [-0.25, -0.2) is 0 Å². The minimum Gasteiger partial charge on any atom is -0.390 e. The van der Waals surface area contributed by atoms with Crippen LogP contribution >= 0.6 is 0 Å². The van der Waals surface area contributed by atoms with E-state index < -0.39 is 0 Å². The number of nitrogens with zero attached hydrogens (tertiary/aromatic N) is 1. The maximum Gasteiger partial charge on any atom is 0.0791 e. The van der Waals surface area contributed by atoms with Crippen molar-refractivity contribution in [2.24, 2.45) is 0 Å². The van der Waals surface area contributed by atoms with Crippen molar-refractivity contribution in [1.82, 2.24) is 10.2 Å². The number of rotatable bonds is 9. The van der Waals surface area contributed by atoms with E-state index in [1.54, 1.807) is 7.11 Å². The van der Waals surface area contributed by atoms with E-state index in [1.165, 1.54) is 0 Å². The van der Waals surface area contributed by atoms with Crippen molar-refractivity contribution in [3.05, 3.63) is 0 Å². The van der Waals surface area contributed by atoms with Crippen molar-refractivity contribution in [3.8, 4) is 0 Å². The lowest BCUT2D eigenvalue weighted by Crippen LogP contribution is -2.44. The normalized spacial score (nSPS) is 20.2. The Morgan fingerprint density at radius 2 is 2.11 bits per heavy atom. The van der Waals surface area contributed by atoms with Gasteiger partial charge in [0, 0.05) is 46.4 Å². The fraction of sp³-hybridized carbons (Fsp3) is 1.00. The average molecular weight is 260 g/mol. The third kappa shape index (κ3) is 6.66. The van der Waals surface area contributed by atoms with Gasteiger partial charge in [0.25, 0.3) is 0 Å². The van der Waals surface area contributed by atoms with Crippen LogP contribution < -0.4 is 5.32 Å². The lowest BCUT2D eigenvalue weighted by molar-refractivity contribution is 0.00354. The zero-order chi connectivity index (χ0) is 13.2. The summed E-state index contributed by atoms with van der Waals surface area (Å²) in [4.78, 5) is 2.32. The molecule has 0 spiro atoms. The summed E-state index contributed by atoms with van der Waals surface area (Å²) in [5, 5.41) is 13.1. The molecule has 1 rings (SSSR count). The summed E-state index contributed by atoms with van der Waals surface area (Å²) in [5.74, 6) is 0. The third-order valence-corrected chi connectivity index (χ3v) is 3.27. The SMILES string of the molecule is CCOC1CCN(CC(O)CNCCOC)CC1. The van der Waals surface area contributed by atoms with Crippen molar-refractivity contribution in [2.45, 2.75) is 32.0 Å². The molecule has 0 aromatic carbocycles. The van der Waals surface area contributed by atoms with Crippen molar-refractivity contribution < 1.29 is 14.6 Å². The molecule has 0 aliphatic carbocycles. The average Bonchev–Trinajstić information content (AvgIpc) is 2.37. The molecule has 0 aromatic heterocycles. The fourth-order valence-corrected chi connectivity index (χ4v) is 2.30. The van der Waals surface area contributed by atoms with Crippen molar-refractivity contribution in [1.29, 1.82) is 0 Å². The maximum absolute atomic E-state index is 9.89. The van der Waals surface area contributed by atoms with Gasteiger partial charge in [0.05, 0.1) is 18.8 Å². The molecule has 1 heterocycles. The molecule has 1 aliphatic rings. The Labute approximate surface area is 110 Å². The molecule has 1 saturated heterocycles. The first-order valence-electron chi connectivity index (χ1n) is 6.98. The van der Waals surface area contributed by atoms with Crippen LogP contribution in [0.3, 0.4) is 0 Å². The number of methoxy groups -OCH3 is 1. The van der Waals surface area contributed by atoms with E-state index in [9.17, 15) is 5.11 Å². The zero-order valence-electron chi connectivity index (χ0n) is 11.7. The quantitative estimate of drug-likeness (QED) is 0.575. The summed E-state index contributed by atoms with van der Waals surface area (Å²) in [5.41, 5.74) is 0. The number of hydrogen-bond acceptors (Lipinski definition) is 5. The molecule has 1 fully saturated rings. The second-order valence-electron chi connectivity index (χ2n) is 4.81. The Hall–Kier alpha value is -0.200. The van der Waals surface area contributed by atoms with Gasteiger partial charge < -0.3 is 24.8 Å². The fourth-order valence-electron chi connectivity index (χ4n) is 2.30. The molecule has 0 saturated carbocycles. The van der Waals surface area contributed by atoms with Gasteiger partial charge in [0.1, 0.15) is 0 Å². The number of hydrogen-bond donors (Lipinski definition) is 2. The summed E-state index contributed by atoms with van der Waals surface area (Å²) in [6, 6.07) is 0. The van der Waals surface area contributed by atoms with Crippen LogP contribution in [0.25, 0.3) is 0 Å². The second kappa shape index (κ2) is 9.69. The van der Waals surface area contributed by atoms with Crippen molar-refractivity contribution >= 4 is 0 Å². The van der Waals surface area contributed by atoms with Gasteiger partial charge in [0.2, 0.25) is 0 Å². The Balaban J connectivity index is 2.05. The molecule has 0 bridgehead atoms. The molecule has 0 amide bonds.